The monoisotopic (exact) mass is 500 g/mol. The van der Waals surface area contributed by atoms with Crippen LogP contribution in [0.2, 0.25) is 0 Å². The van der Waals surface area contributed by atoms with Gasteiger partial charge in [-0.3, -0.25) is 4.40 Å². The molecule has 0 aromatic carbocycles. The molecule has 0 aliphatic carbocycles. The molecule has 35 heavy (non-hydrogen) atoms. The first-order valence-corrected chi connectivity index (χ1v) is 13.4. The van der Waals surface area contributed by atoms with Gasteiger partial charge in [-0.15, -0.1) is 0 Å². The van der Waals surface area contributed by atoms with Gasteiger partial charge in [0.1, 0.15) is 0 Å². The maximum absolute atomic E-state index is 13.4. The summed E-state index contributed by atoms with van der Waals surface area (Å²) in [6.07, 6.45) is 6.80. The molecular formula is C22H28N8O4S. The second-order valence-electron chi connectivity index (χ2n) is 9.02. The molecule has 0 bridgehead atoms. The molecule has 2 N–H and O–H groups in total. The second kappa shape index (κ2) is 8.97. The zero-order valence-corrected chi connectivity index (χ0v) is 20.2. The SMILES string of the molecule is Nc1ncc(-c2cn3c4c(nc3c(N3CCOCC3)n2)CCN(S(=O)(=O)C2CCOCC2)C4)cn1. The van der Waals surface area contributed by atoms with E-state index in [4.69, 9.17) is 25.2 Å². The van der Waals surface area contributed by atoms with Crippen LogP contribution in [0.4, 0.5) is 11.8 Å². The lowest BCUT2D eigenvalue weighted by atomic mass is 10.2. The fourth-order valence-corrected chi connectivity index (χ4v) is 6.83. The van der Waals surface area contributed by atoms with Crippen LogP contribution in [0.15, 0.2) is 18.6 Å². The number of hydrogen-bond donors (Lipinski definition) is 1. The van der Waals surface area contributed by atoms with E-state index in [-0.39, 0.29) is 12.5 Å². The summed E-state index contributed by atoms with van der Waals surface area (Å²) in [5.41, 5.74) is 9.58. The molecular weight excluding hydrogens is 472 g/mol. The Bertz CT molecular complexity index is 1330. The van der Waals surface area contributed by atoms with Crippen LogP contribution in [0, 0.1) is 0 Å². The number of hydrogen-bond acceptors (Lipinski definition) is 10. The van der Waals surface area contributed by atoms with Crippen molar-refractivity contribution in [3.63, 3.8) is 0 Å². The Morgan fingerprint density at radius 2 is 1.69 bits per heavy atom. The first-order valence-electron chi connectivity index (χ1n) is 11.9. The summed E-state index contributed by atoms with van der Waals surface area (Å²) >= 11 is 0. The summed E-state index contributed by atoms with van der Waals surface area (Å²) < 4.78 is 41.4. The summed E-state index contributed by atoms with van der Waals surface area (Å²) in [7, 11) is -3.44. The molecule has 0 unspecified atom stereocenters. The summed E-state index contributed by atoms with van der Waals surface area (Å²) in [5.74, 6) is 0.938. The number of aromatic nitrogens is 5. The highest BCUT2D eigenvalue weighted by molar-refractivity contribution is 7.89. The summed E-state index contributed by atoms with van der Waals surface area (Å²) in [6.45, 7) is 4.30. The highest BCUT2D eigenvalue weighted by atomic mass is 32.2. The third-order valence-electron chi connectivity index (χ3n) is 6.92. The molecule has 0 saturated carbocycles. The lowest BCUT2D eigenvalue weighted by Gasteiger charge is -2.31. The Kier molecular flexibility index (Phi) is 5.79. The van der Waals surface area contributed by atoms with E-state index in [2.05, 4.69) is 14.9 Å². The number of rotatable bonds is 4. The van der Waals surface area contributed by atoms with E-state index < -0.39 is 15.3 Å². The van der Waals surface area contributed by atoms with E-state index >= 15 is 0 Å². The second-order valence-corrected chi connectivity index (χ2v) is 11.2. The topological polar surface area (TPSA) is 141 Å². The van der Waals surface area contributed by atoms with E-state index in [1.54, 1.807) is 16.7 Å². The van der Waals surface area contributed by atoms with Gasteiger partial charge >= 0.3 is 0 Å². The molecule has 3 aromatic rings. The van der Waals surface area contributed by atoms with Crippen molar-refractivity contribution in [3.8, 4) is 11.3 Å². The number of imidazole rings is 1. The zero-order chi connectivity index (χ0) is 24.0. The van der Waals surface area contributed by atoms with Gasteiger partial charge in [0.15, 0.2) is 11.5 Å². The molecule has 2 saturated heterocycles. The minimum Gasteiger partial charge on any atom is -0.381 e. The van der Waals surface area contributed by atoms with E-state index in [0.717, 1.165) is 28.4 Å². The first kappa shape index (κ1) is 22.6. The Balaban J connectivity index is 1.44. The lowest BCUT2D eigenvalue weighted by Crippen LogP contribution is -2.43. The summed E-state index contributed by atoms with van der Waals surface area (Å²) in [4.78, 5) is 20.3. The molecule has 3 aromatic heterocycles. The Morgan fingerprint density at radius 3 is 2.43 bits per heavy atom. The van der Waals surface area contributed by atoms with Gasteiger partial charge in [-0.1, -0.05) is 0 Å². The van der Waals surface area contributed by atoms with Crippen LogP contribution in [0.25, 0.3) is 16.9 Å². The van der Waals surface area contributed by atoms with E-state index in [0.29, 0.717) is 71.0 Å². The molecule has 186 valence electrons. The van der Waals surface area contributed by atoms with E-state index in [9.17, 15) is 8.42 Å². The van der Waals surface area contributed by atoms with Gasteiger partial charge in [-0.2, -0.15) is 4.31 Å². The molecule has 2 fully saturated rings. The van der Waals surface area contributed by atoms with E-state index in [1.807, 2.05) is 10.6 Å². The van der Waals surface area contributed by atoms with Crippen molar-refractivity contribution in [1.29, 1.82) is 0 Å². The molecule has 3 aliphatic rings. The summed E-state index contributed by atoms with van der Waals surface area (Å²) in [6, 6.07) is 0. The van der Waals surface area contributed by atoms with Crippen molar-refractivity contribution in [2.24, 2.45) is 0 Å². The standard InChI is InChI=1S/C22H28N8O4S/c23-22-24-11-15(12-25-22)18-13-30-19-14-29(35(31,32)16-2-7-33-8-3-16)4-1-17(19)26-21(30)20(27-18)28-5-9-34-10-6-28/h11-13,16H,1-10,14H2,(H2,23,24,25). The van der Waals surface area contributed by atoms with E-state index in [1.165, 1.54) is 0 Å². The number of nitrogens with two attached hydrogens (primary N) is 1. The van der Waals surface area contributed by atoms with Crippen LogP contribution in [0.5, 0.6) is 0 Å². The third-order valence-corrected chi connectivity index (χ3v) is 9.27. The van der Waals surface area contributed by atoms with Crippen LogP contribution in [-0.4, -0.2) is 88.4 Å². The number of ether oxygens (including phenoxy) is 2. The largest absolute Gasteiger partial charge is 0.381 e. The van der Waals surface area contributed by atoms with Crippen molar-refractivity contribution < 1.29 is 17.9 Å². The maximum Gasteiger partial charge on any atom is 0.219 e. The molecule has 13 heteroatoms. The molecule has 0 atom stereocenters. The highest BCUT2D eigenvalue weighted by Crippen LogP contribution is 2.31. The average Bonchev–Trinajstić information content (AvgIpc) is 3.27. The van der Waals surface area contributed by atoms with Gasteiger partial charge in [0.25, 0.3) is 0 Å². The van der Waals surface area contributed by atoms with Crippen molar-refractivity contribution in [1.82, 2.24) is 28.6 Å². The predicted molar refractivity (Wildman–Crippen MR) is 128 cm³/mol. The molecule has 0 radical (unpaired) electrons. The molecule has 6 rings (SSSR count). The fraction of sp³-hybridized carbons (Fsp3) is 0.545. The van der Waals surface area contributed by atoms with Gasteiger partial charge in [0.2, 0.25) is 16.0 Å². The zero-order valence-electron chi connectivity index (χ0n) is 19.3. The van der Waals surface area contributed by atoms with Crippen LogP contribution in [0.3, 0.4) is 0 Å². The van der Waals surface area contributed by atoms with Crippen molar-refractivity contribution in [2.75, 3.05) is 56.7 Å². The number of anilines is 2. The number of nitrogens with zero attached hydrogens (tertiary/aromatic N) is 7. The summed E-state index contributed by atoms with van der Waals surface area (Å²) in [5, 5.41) is -0.398. The highest BCUT2D eigenvalue weighted by Gasteiger charge is 2.37. The Morgan fingerprint density at radius 1 is 0.971 bits per heavy atom. The Hall–Kier alpha value is -2.87. The minimum atomic E-state index is -3.44. The average molecular weight is 501 g/mol. The maximum atomic E-state index is 13.4. The molecule has 0 amide bonds. The van der Waals surface area contributed by atoms with Gasteiger partial charge in [0, 0.05) is 63.4 Å². The quantitative estimate of drug-likeness (QED) is 0.537. The number of morpholine rings is 1. The molecule has 6 heterocycles. The van der Waals surface area contributed by atoms with Crippen LogP contribution < -0.4 is 10.6 Å². The normalized spacial score (nSPS) is 20.3. The minimum absolute atomic E-state index is 0.192. The fourth-order valence-electron chi connectivity index (χ4n) is 4.97. The molecule has 3 aliphatic heterocycles. The smallest absolute Gasteiger partial charge is 0.219 e. The van der Waals surface area contributed by atoms with Crippen LogP contribution in [-0.2, 0) is 32.5 Å². The predicted octanol–water partition coefficient (Wildman–Crippen LogP) is 0.472. The van der Waals surface area contributed by atoms with Crippen LogP contribution >= 0.6 is 0 Å². The molecule has 12 nitrogen and oxygen atoms in total. The van der Waals surface area contributed by atoms with Crippen molar-refractivity contribution in [3.05, 3.63) is 30.0 Å². The van der Waals surface area contributed by atoms with Crippen LogP contribution in [0.1, 0.15) is 24.2 Å². The van der Waals surface area contributed by atoms with Gasteiger partial charge < -0.3 is 20.1 Å². The van der Waals surface area contributed by atoms with Gasteiger partial charge in [-0.25, -0.2) is 28.4 Å². The molecule has 0 spiro atoms. The first-order chi connectivity index (χ1) is 17.0. The number of nitrogen functional groups attached to an aromatic ring is 1. The number of fused-ring (bicyclic) bond motifs is 3. The third kappa shape index (κ3) is 4.11. The van der Waals surface area contributed by atoms with Crippen molar-refractivity contribution >= 4 is 27.4 Å². The van der Waals surface area contributed by atoms with Crippen molar-refractivity contribution in [2.45, 2.75) is 31.1 Å². The Labute approximate surface area is 203 Å². The van der Waals surface area contributed by atoms with Gasteiger partial charge in [0.05, 0.1) is 42.1 Å². The number of sulfonamides is 1. The van der Waals surface area contributed by atoms with Gasteiger partial charge in [-0.05, 0) is 12.8 Å². The lowest BCUT2D eigenvalue weighted by molar-refractivity contribution is 0.0970.